The van der Waals surface area contributed by atoms with Crippen LogP contribution in [0.1, 0.15) is 0 Å². The minimum absolute atomic E-state index is 0.196. The molecule has 26 heavy (non-hydrogen) atoms. The Balaban J connectivity index is 1.80. The van der Waals surface area contributed by atoms with E-state index in [9.17, 15) is 9.32 Å². The van der Waals surface area contributed by atoms with Crippen LogP contribution in [0.2, 0.25) is 0 Å². The number of H-pyrrole nitrogens is 1. The number of anilines is 2. The van der Waals surface area contributed by atoms with Gasteiger partial charge in [0.2, 0.25) is 0 Å². The largest absolute Gasteiger partial charge is 0.450 e. The average Bonchev–Trinajstić information content (AvgIpc) is 3.26. The van der Waals surface area contributed by atoms with Crippen LogP contribution in [-0.2, 0) is 4.94 Å². The number of amides is 1. The van der Waals surface area contributed by atoms with Crippen molar-refractivity contribution in [3.8, 4) is 11.1 Å². The summed E-state index contributed by atoms with van der Waals surface area (Å²) in [5.74, 6) is 0.196. The Morgan fingerprint density at radius 1 is 1.27 bits per heavy atom. The first-order valence-corrected chi connectivity index (χ1v) is 7.79. The molecule has 132 valence electrons. The topological polar surface area (TPSA) is 87.6 Å². The molecule has 0 atom stereocenters. The van der Waals surface area contributed by atoms with E-state index in [-0.39, 0.29) is 5.82 Å². The second-order valence-electron chi connectivity index (χ2n) is 5.98. The zero-order chi connectivity index (χ0) is 18.3. The van der Waals surface area contributed by atoms with Crippen molar-refractivity contribution in [2.45, 2.75) is 0 Å². The van der Waals surface area contributed by atoms with Gasteiger partial charge in [0.05, 0.1) is 23.6 Å². The number of hydrogen-bond donors (Lipinski definition) is 2. The van der Waals surface area contributed by atoms with Crippen LogP contribution in [-0.4, -0.2) is 39.8 Å². The summed E-state index contributed by atoms with van der Waals surface area (Å²) < 4.78 is 13.6. The van der Waals surface area contributed by atoms with Gasteiger partial charge in [-0.3, -0.25) is 10.4 Å². The number of pyridine rings is 1. The van der Waals surface area contributed by atoms with E-state index in [0.717, 1.165) is 27.7 Å². The third kappa shape index (κ3) is 2.59. The summed E-state index contributed by atoms with van der Waals surface area (Å²) in [5.41, 5.74) is 4.56. The van der Waals surface area contributed by atoms with Crippen molar-refractivity contribution in [2.75, 3.05) is 24.3 Å². The van der Waals surface area contributed by atoms with Gasteiger partial charge in [0.25, 0.3) is 0 Å². The Labute approximate surface area is 147 Å². The first-order valence-electron chi connectivity index (χ1n) is 7.79. The van der Waals surface area contributed by atoms with Crippen LogP contribution in [0.15, 0.2) is 42.9 Å². The summed E-state index contributed by atoms with van der Waals surface area (Å²) in [6.07, 6.45) is 4.04. The number of aromatic nitrogens is 4. The van der Waals surface area contributed by atoms with Gasteiger partial charge in [-0.05, 0) is 29.3 Å². The highest BCUT2D eigenvalue weighted by atomic mass is 19.3. The number of aromatic amines is 1. The van der Waals surface area contributed by atoms with Crippen molar-refractivity contribution in [3.05, 3.63) is 42.9 Å². The number of nitrogens with one attached hydrogen (secondary N) is 2. The predicted octanol–water partition coefficient (Wildman–Crippen LogP) is 3.38. The summed E-state index contributed by atoms with van der Waals surface area (Å²) in [6.45, 7) is 0. The summed E-state index contributed by atoms with van der Waals surface area (Å²) in [6, 6.07) is 7.80. The van der Waals surface area contributed by atoms with Gasteiger partial charge in [0, 0.05) is 30.2 Å². The fourth-order valence-electron chi connectivity index (χ4n) is 2.98. The van der Waals surface area contributed by atoms with Gasteiger partial charge < -0.3 is 9.30 Å². The molecule has 4 rings (SSSR count). The number of nitrogens with zero attached hydrogens (tertiary/aromatic N) is 4. The van der Waals surface area contributed by atoms with Crippen molar-refractivity contribution >= 4 is 34.1 Å². The van der Waals surface area contributed by atoms with Crippen LogP contribution < -0.4 is 10.2 Å². The number of rotatable bonds is 3. The second kappa shape index (κ2) is 6.03. The van der Waals surface area contributed by atoms with Crippen molar-refractivity contribution in [1.82, 2.24) is 19.6 Å². The fraction of sp³-hybridized carbons (Fsp3) is 0.118. The van der Waals surface area contributed by atoms with Crippen LogP contribution in [0.25, 0.3) is 27.7 Å². The number of imidazole rings is 1. The van der Waals surface area contributed by atoms with Gasteiger partial charge in [-0.25, -0.2) is 14.7 Å². The standard InChI is InChI=1S/C17H15FN6O2/c1-23(2)13-5-4-11(12-7-19-22-16(12)13)10-3-6-15-20-14(9-24(15)8-10)21-17(25)26-18/h3-9H,1-2H3,(H,19,22)(H,21,25). The van der Waals surface area contributed by atoms with Crippen LogP contribution in [0, 0.1) is 0 Å². The molecule has 0 saturated carbocycles. The lowest BCUT2D eigenvalue weighted by atomic mass is 10.0. The van der Waals surface area contributed by atoms with E-state index in [4.69, 9.17) is 0 Å². The highest BCUT2D eigenvalue weighted by Gasteiger charge is 2.13. The Hall–Kier alpha value is -3.62. The quantitative estimate of drug-likeness (QED) is 0.589. The maximum Gasteiger partial charge on any atom is 0.450 e. The molecular weight excluding hydrogens is 339 g/mol. The molecule has 3 aromatic heterocycles. The molecule has 0 fully saturated rings. The van der Waals surface area contributed by atoms with Gasteiger partial charge >= 0.3 is 6.09 Å². The normalized spacial score (nSPS) is 11.0. The third-order valence-corrected chi connectivity index (χ3v) is 4.14. The summed E-state index contributed by atoms with van der Waals surface area (Å²) >= 11 is 0. The number of fused-ring (bicyclic) bond motifs is 2. The highest BCUT2D eigenvalue weighted by molar-refractivity contribution is 6.01. The second-order valence-corrected chi connectivity index (χ2v) is 5.98. The smallest absolute Gasteiger partial charge is 0.376 e. The summed E-state index contributed by atoms with van der Waals surface area (Å²) in [4.78, 5) is 20.3. The number of halogens is 1. The Morgan fingerprint density at radius 2 is 2.12 bits per heavy atom. The van der Waals surface area contributed by atoms with E-state index < -0.39 is 6.09 Å². The fourth-order valence-corrected chi connectivity index (χ4v) is 2.98. The first kappa shape index (κ1) is 15.9. The molecule has 0 spiro atoms. The summed E-state index contributed by atoms with van der Waals surface area (Å²) in [7, 11) is 3.95. The number of carbonyl (C=O) groups is 1. The zero-order valence-electron chi connectivity index (χ0n) is 14.0. The van der Waals surface area contributed by atoms with E-state index in [1.807, 2.05) is 49.5 Å². The maximum atomic E-state index is 11.9. The predicted molar refractivity (Wildman–Crippen MR) is 95.8 cm³/mol. The molecule has 0 bridgehead atoms. The Bertz CT molecular complexity index is 1120. The average molecular weight is 354 g/mol. The monoisotopic (exact) mass is 354 g/mol. The van der Waals surface area contributed by atoms with Gasteiger partial charge in [-0.1, -0.05) is 6.07 Å². The highest BCUT2D eigenvalue weighted by Crippen LogP contribution is 2.33. The minimum Gasteiger partial charge on any atom is -0.376 e. The van der Waals surface area contributed by atoms with Gasteiger partial charge in [-0.15, -0.1) is 0 Å². The van der Waals surface area contributed by atoms with Crippen LogP contribution in [0.4, 0.5) is 20.8 Å². The molecule has 0 aliphatic rings. The van der Waals surface area contributed by atoms with E-state index in [1.165, 1.54) is 0 Å². The molecule has 0 unspecified atom stereocenters. The minimum atomic E-state index is -1.21. The molecule has 9 heteroatoms. The Kier molecular flexibility index (Phi) is 3.68. The molecular formula is C17H15FN6O2. The van der Waals surface area contributed by atoms with Gasteiger partial charge in [0.15, 0.2) is 5.82 Å². The summed E-state index contributed by atoms with van der Waals surface area (Å²) in [5, 5.41) is 10.4. The van der Waals surface area contributed by atoms with Crippen LogP contribution in [0.5, 0.6) is 0 Å². The van der Waals surface area contributed by atoms with Crippen molar-refractivity contribution in [3.63, 3.8) is 0 Å². The molecule has 0 aliphatic heterocycles. The molecule has 0 radical (unpaired) electrons. The van der Waals surface area contributed by atoms with Crippen LogP contribution >= 0.6 is 0 Å². The zero-order valence-corrected chi connectivity index (χ0v) is 14.0. The maximum absolute atomic E-state index is 11.9. The molecule has 0 aliphatic carbocycles. The lowest BCUT2D eigenvalue weighted by Gasteiger charge is -2.15. The Morgan fingerprint density at radius 3 is 2.88 bits per heavy atom. The lowest BCUT2D eigenvalue weighted by molar-refractivity contribution is -0.0544. The van der Waals surface area contributed by atoms with E-state index >= 15 is 0 Å². The van der Waals surface area contributed by atoms with Crippen molar-refractivity contribution in [2.24, 2.45) is 0 Å². The molecule has 1 aromatic carbocycles. The molecule has 1 amide bonds. The van der Waals surface area contributed by atoms with E-state index in [2.05, 4.69) is 25.4 Å². The molecule has 2 N–H and O–H groups in total. The van der Waals surface area contributed by atoms with Crippen LogP contribution in [0.3, 0.4) is 0 Å². The number of carbonyl (C=O) groups excluding carboxylic acids is 1. The number of benzene rings is 1. The van der Waals surface area contributed by atoms with E-state index in [1.54, 1.807) is 16.8 Å². The third-order valence-electron chi connectivity index (χ3n) is 4.14. The SMILES string of the molecule is CN(C)c1ccc(-c2ccc3nc(NC(=O)OF)cn3c2)c2cn[nH]c12. The molecule has 8 nitrogen and oxygen atoms in total. The van der Waals surface area contributed by atoms with Gasteiger partial charge in [-0.2, -0.15) is 5.10 Å². The first-order chi connectivity index (χ1) is 12.6. The molecule has 3 heterocycles. The molecule has 4 aromatic rings. The lowest BCUT2D eigenvalue weighted by Crippen LogP contribution is -2.09. The molecule has 0 saturated heterocycles. The van der Waals surface area contributed by atoms with E-state index in [0.29, 0.717) is 5.65 Å². The number of hydrogen-bond acceptors (Lipinski definition) is 5. The van der Waals surface area contributed by atoms with Crippen molar-refractivity contribution < 1.29 is 14.3 Å². The van der Waals surface area contributed by atoms with Crippen molar-refractivity contribution in [1.29, 1.82) is 0 Å². The van der Waals surface area contributed by atoms with Gasteiger partial charge in [0.1, 0.15) is 5.65 Å².